The van der Waals surface area contributed by atoms with Gasteiger partial charge in [0.25, 0.3) is 0 Å². The molecule has 0 saturated heterocycles. The minimum atomic E-state index is -2.34. The number of pyridine rings is 1. The first-order valence-corrected chi connectivity index (χ1v) is 21.1. The van der Waals surface area contributed by atoms with Crippen molar-refractivity contribution < 1.29 is 31.7 Å². The van der Waals surface area contributed by atoms with E-state index in [1.165, 1.54) is 0 Å². The Morgan fingerprint density at radius 3 is 2.06 bits per heavy atom. The number of para-hydroxylation sites is 1. The van der Waals surface area contributed by atoms with Gasteiger partial charge in [0.15, 0.2) is 0 Å². The summed E-state index contributed by atoms with van der Waals surface area (Å²) < 4.78 is 35.8. The van der Waals surface area contributed by atoms with Crippen LogP contribution in [-0.4, -0.2) is 19.6 Å². The standard InChI is InChI=1S/C58H52N3O.Pt/c1-36(2)40-18-20-42(21-19-40)44-27-28-59-52(35-44)47-33-45(41-13-10-9-11-14-41)32-46(34-47)49-15-12-16-54-55(49)60-57(51-31-38(4)29-39(5)56(51)62)61(54)53-26-17-37(3)30-50(53)43-22-24-48(25-23-43)58(6,7)8;/h9-33,35-36,62H,1-8H3;/q-1;/i3D3,36D;. The molecule has 5 heteroatoms. The van der Waals surface area contributed by atoms with Crippen LogP contribution in [0, 0.1) is 26.8 Å². The van der Waals surface area contributed by atoms with Crippen molar-refractivity contribution in [1.82, 2.24) is 14.5 Å². The van der Waals surface area contributed by atoms with Crippen molar-refractivity contribution in [2.45, 2.75) is 66.6 Å². The van der Waals surface area contributed by atoms with Gasteiger partial charge in [-0.05, 0) is 107 Å². The summed E-state index contributed by atoms with van der Waals surface area (Å²) in [6, 6.07) is 54.1. The largest absolute Gasteiger partial charge is 0.507 e. The Hall–Kier alpha value is -6.35. The molecule has 2 aromatic heterocycles. The number of aromatic nitrogens is 3. The summed E-state index contributed by atoms with van der Waals surface area (Å²) in [6.07, 6.45) is 1.83. The number of hydrogen-bond donors (Lipinski definition) is 1. The van der Waals surface area contributed by atoms with Gasteiger partial charge in [0.1, 0.15) is 11.6 Å². The number of phenolic OH excluding ortho intramolecular Hbond substituents is 1. The normalized spacial score (nSPS) is 12.9. The quantitative estimate of drug-likeness (QED) is 0.154. The Kier molecular flexibility index (Phi) is 10.6. The zero-order chi connectivity index (χ0) is 46.7. The number of aromatic hydroxyl groups is 1. The molecule has 0 aliphatic carbocycles. The molecule has 0 bridgehead atoms. The van der Waals surface area contributed by atoms with Gasteiger partial charge in [-0.2, -0.15) is 0 Å². The minimum absolute atomic E-state index is 0. The third kappa shape index (κ3) is 8.58. The van der Waals surface area contributed by atoms with E-state index in [9.17, 15) is 5.11 Å². The molecule has 0 fully saturated rings. The Morgan fingerprint density at radius 1 is 0.651 bits per heavy atom. The topological polar surface area (TPSA) is 50.9 Å². The summed E-state index contributed by atoms with van der Waals surface area (Å²) in [5, 5.41) is 11.8. The van der Waals surface area contributed by atoms with E-state index in [1.807, 2.05) is 101 Å². The predicted octanol–water partition coefficient (Wildman–Crippen LogP) is 15.3. The molecule has 0 radical (unpaired) electrons. The number of phenols is 1. The van der Waals surface area contributed by atoms with E-state index in [1.54, 1.807) is 12.1 Å². The second-order valence-electron chi connectivity index (χ2n) is 17.6. The summed E-state index contributed by atoms with van der Waals surface area (Å²) >= 11 is 0. The van der Waals surface area contributed by atoms with Gasteiger partial charge in [-0.1, -0.05) is 166 Å². The molecule has 0 spiro atoms. The molecule has 0 saturated carbocycles. The number of benzene rings is 7. The molecule has 2 heterocycles. The third-order valence-electron chi connectivity index (χ3n) is 11.8. The van der Waals surface area contributed by atoms with E-state index < -0.39 is 12.7 Å². The smallest absolute Gasteiger partial charge is 0.148 e. The van der Waals surface area contributed by atoms with Crippen LogP contribution in [0.5, 0.6) is 5.75 Å². The van der Waals surface area contributed by atoms with Crippen LogP contribution in [-0.2, 0) is 26.5 Å². The van der Waals surface area contributed by atoms with Crippen LogP contribution in [0.25, 0.3) is 83.9 Å². The fourth-order valence-corrected chi connectivity index (χ4v) is 8.39. The molecule has 316 valence electrons. The summed E-state index contributed by atoms with van der Waals surface area (Å²) in [7, 11) is 0. The van der Waals surface area contributed by atoms with Crippen LogP contribution in [0.4, 0.5) is 0 Å². The number of fused-ring (bicyclic) bond motifs is 1. The average molecular weight is 1010 g/mol. The third-order valence-corrected chi connectivity index (χ3v) is 11.8. The first-order chi connectivity index (χ1) is 31.3. The number of nitrogens with zero attached hydrogens (tertiary/aromatic N) is 3. The van der Waals surface area contributed by atoms with Gasteiger partial charge in [0.05, 0.1) is 22.3 Å². The maximum atomic E-state index is 11.8. The molecular weight excluding hydrogens is 950 g/mol. The molecule has 4 nitrogen and oxygen atoms in total. The van der Waals surface area contributed by atoms with Crippen molar-refractivity contribution in [2.24, 2.45) is 0 Å². The zero-order valence-corrected chi connectivity index (χ0v) is 38.9. The van der Waals surface area contributed by atoms with Gasteiger partial charge < -0.3 is 5.11 Å². The van der Waals surface area contributed by atoms with E-state index >= 15 is 0 Å². The van der Waals surface area contributed by atoms with Crippen molar-refractivity contribution >= 4 is 11.0 Å². The van der Waals surface area contributed by atoms with Crippen molar-refractivity contribution in [3.05, 3.63) is 192 Å². The molecule has 9 aromatic rings. The molecule has 0 unspecified atom stereocenters. The van der Waals surface area contributed by atoms with E-state index in [0.29, 0.717) is 16.9 Å². The Labute approximate surface area is 392 Å². The number of rotatable bonds is 8. The van der Waals surface area contributed by atoms with Crippen LogP contribution in [0.2, 0.25) is 0 Å². The van der Waals surface area contributed by atoms with Gasteiger partial charge in [0, 0.05) is 44.0 Å². The van der Waals surface area contributed by atoms with Crippen molar-refractivity contribution in [2.75, 3.05) is 0 Å². The molecule has 0 amide bonds. The molecule has 7 aromatic carbocycles. The second-order valence-corrected chi connectivity index (χ2v) is 17.6. The van der Waals surface area contributed by atoms with Crippen LogP contribution in [0.15, 0.2) is 158 Å². The Balaban J connectivity index is 0.00000608. The fraction of sp³-hybridized carbons (Fsp3) is 0.172. The van der Waals surface area contributed by atoms with E-state index in [2.05, 4.69) is 104 Å². The van der Waals surface area contributed by atoms with Gasteiger partial charge in [0.2, 0.25) is 0 Å². The van der Waals surface area contributed by atoms with Crippen molar-refractivity contribution in [3.63, 3.8) is 0 Å². The average Bonchev–Trinajstić information content (AvgIpc) is 3.69. The van der Waals surface area contributed by atoms with Crippen molar-refractivity contribution in [3.8, 4) is 78.6 Å². The van der Waals surface area contributed by atoms with Crippen LogP contribution < -0.4 is 0 Å². The molecule has 63 heavy (non-hydrogen) atoms. The van der Waals surface area contributed by atoms with Crippen molar-refractivity contribution in [1.29, 1.82) is 0 Å². The van der Waals surface area contributed by atoms with Gasteiger partial charge in [-0.3, -0.25) is 9.55 Å². The fourth-order valence-electron chi connectivity index (χ4n) is 8.39. The van der Waals surface area contributed by atoms with Crippen LogP contribution >= 0.6 is 0 Å². The monoisotopic (exact) mass is 1010 g/mol. The number of aryl methyl sites for hydroxylation is 3. The molecule has 0 atom stereocenters. The zero-order valence-electron chi connectivity index (χ0n) is 40.6. The summed E-state index contributed by atoms with van der Waals surface area (Å²) in [6.45, 7) is 11.9. The molecule has 9 rings (SSSR count). The first kappa shape index (κ1) is 38.3. The van der Waals surface area contributed by atoms with Gasteiger partial charge >= 0.3 is 0 Å². The van der Waals surface area contributed by atoms with Gasteiger partial charge in [-0.25, -0.2) is 4.98 Å². The predicted molar refractivity (Wildman–Crippen MR) is 259 cm³/mol. The summed E-state index contributed by atoms with van der Waals surface area (Å²) in [5.74, 6) is -0.0583. The maximum absolute atomic E-state index is 11.8. The maximum Gasteiger partial charge on any atom is 0.148 e. The second kappa shape index (κ2) is 17.4. The minimum Gasteiger partial charge on any atom is -0.507 e. The summed E-state index contributed by atoms with van der Waals surface area (Å²) in [4.78, 5) is 10.3. The Morgan fingerprint density at radius 2 is 1.35 bits per heavy atom. The van der Waals surface area contributed by atoms with Crippen LogP contribution in [0.3, 0.4) is 0 Å². The molecular formula is C58H52N3OPt-. The molecule has 0 aliphatic rings. The Bertz CT molecular complexity index is 3270. The van der Waals surface area contributed by atoms with E-state index in [-0.39, 0.29) is 37.8 Å². The number of hydrogen-bond acceptors (Lipinski definition) is 3. The van der Waals surface area contributed by atoms with E-state index in [0.717, 1.165) is 89.2 Å². The van der Waals surface area contributed by atoms with E-state index in [4.69, 9.17) is 15.5 Å². The molecule has 1 N–H and O–H groups in total. The summed E-state index contributed by atoms with van der Waals surface area (Å²) in [5.41, 5.74) is 15.5. The van der Waals surface area contributed by atoms with Gasteiger partial charge in [-0.15, -0.1) is 23.8 Å². The SMILES string of the molecule is [2H]C([2H])([2H])c1ccc(-n2c(-c3cc(C)cc(C)c3O)nc3c(-c4[c-]c(-c5cc(-c6ccc(C([2H])(C)C)cc6)ccn5)cc(-c5ccccc5)c4)cccc32)c(-c2ccc(C(C)(C)C)cc2)c1.[Pt]. The number of imidazole rings is 1. The van der Waals surface area contributed by atoms with Crippen LogP contribution in [0.1, 0.15) is 73.8 Å². The molecule has 0 aliphatic heterocycles. The first-order valence-electron chi connectivity index (χ1n) is 23.1.